The van der Waals surface area contributed by atoms with Crippen LogP contribution in [0.5, 0.6) is 0 Å². The van der Waals surface area contributed by atoms with Gasteiger partial charge in [-0.25, -0.2) is 4.98 Å². The highest BCUT2D eigenvalue weighted by atomic mass is 15.2. The summed E-state index contributed by atoms with van der Waals surface area (Å²) in [5.74, 6) is 1.52. The van der Waals surface area contributed by atoms with Crippen LogP contribution >= 0.6 is 0 Å². The van der Waals surface area contributed by atoms with E-state index in [9.17, 15) is 0 Å². The van der Waals surface area contributed by atoms with Gasteiger partial charge in [-0.2, -0.15) is 4.98 Å². The number of likely N-dealkylation sites (N-methyl/N-ethyl adjacent to an activating group) is 1. The summed E-state index contributed by atoms with van der Waals surface area (Å²) in [6.45, 7) is 7.13. The molecule has 2 aromatic rings. The molecular formula is C21H32N8. The molecular weight excluding hydrogens is 364 g/mol. The summed E-state index contributed by atoms with van der Waals surface area (Å²) in [4.78, 5) is 14.1. The second-order valence-electron chi connectivity index (χ2n) is 7.89. The van der Waals surface area contributed by atoms with Crippen molar-refractivity contribution < 1.29 is 0 Å². The van der Waals surface area contributed by atoms with E-state index in [0.29, 0.717) is 12.0 Å². The highest BCUT2D eigenvalue weighted by Crippen LogP contribution is 2.22. The summed E-state index contributed by atoms with van der Waals surface area (Å²) in [6, 6.07) is 8.97. The highest BCUT2D eigenvalue weighted by molar-refractivity contribution is 5.60. The van der Waals surface area contributed by atoms with E-state index >= 15 is 0 Å². The van der Waals surface area contributed by atoms with Crippen LogP contribution in [0, 0.1) is 0 Å². The van der Waals surface area contributed by atoms with Crippen LogP contribution in [0.3, 0.4) is 0 Å². The number of anilines is 4. The molecule has 2 saturated heterocycles. The van der Waals surface area contributed by atoms with Gasteiger partial charge in [-0.3, -0.25) is 0 Å². The Labute approximate surface area is 173 Å². The first-order valence-corrected chi connectivity index (χ1v) is 10.5. The van der Waals surface area contributed by atoms with Crippen LogP contribution in [0.2, 0.25) is 0 Å². The maximum atomic E-state index is 4.75. The fourth-order valence-electron chi connectivity index (χ4n) is 3.83. The third-order valence-corrected chi connectivity index (χ3v) is 5.62. The van der Waals surface area contributed by atoms with Crippen LogP contribution in [0.4, 0.5) is 23.1 Å². The molecule has 1 aromatic heterocycles. The van der Waals surface area contributed by atoms with Gasteiger partial charge in [-0.15, -0.1) is 0 Å². The monoisotopic (exact) mass is 396 g/mol. The van der Waals surface area contributed by atoms with Crippen molar-refractivity contribution in [2.45, 2.75) is 19.0 Å². The first kappa shape index (κ1) is 19.9. The van der Waals surface area contributed by atoms with Crippen molar-refractivity contribution in [3.05, 3.63) is 36.0 Å². The Morgan fingerprint density at radius 1 is 1.14 bits per heavy atom. The minimum Gasteiger partial charge on any atom is -0.369 e. The maximum Gasteiger partial charge on any atom is 0.229 e. The van der Waals surface area contributed by atoms with E-state index < -0.39 is 0 Å². The van der Waals surface area contributed by atoms with Gasteiger partial charge in [-0.1, -0.05) is 0 Å². The Bertz CT molecular complexity index is 780. The molecule has 4 rings (SSSR count). The van der Waals surface area contributed by atoms with Gasteiger partial charge in [0.05, 0.1) is 0 Å². The topological polar surface area (TPSA) is 80.4 Å². The lowest BCUT2D eigenvalue weighted by atomic mass is 10.2. The van der Waals surface area contributed by atoms with Gasteiger partial charge in [0, 0.05) is 68.4 Å². The van der Waals surface area contributed by atoms with Crippen LogP contribution in [0.15, 0.2) is 30.5 Å². The van der Waals surface area contributed by atoms with Crippen molar-refractivity contribution in [2.24, 2.45) is 0 Å². The molecule has 8 heteroatoms. The van der Waals surface area contributed by atoms with Crippen molar-refractivity contribution in [3.63, 3.8) is 0 Å². The van der Waals surface area contributed by atoms with E-state index in [-0.39, 0.29) is 0 Å². The third kappa shape index (κ3) is 5.14. The number of benzene rings is 1. The fourth-order valence-corrected chi connectivity index (χ4v) is 3.83. The number of hydrogen-bond donors (Lipinski definition) is 4. The first-order chi connectivity index (χ1) is 14.2. The molecule has 0 radical (unpaired) electrons. The van der Waals surface area contributed by atoms with Crippen molar-refractivity contribution in [3.8, 4) is 0 Å². The Kier molecular flexibility index (Phi) is 6.43. The van der Waals surface area contributed by atoms with Gasteiger partial charge < -0.3 is 31.1 Å². The second kappa shape index (κ2) is 9.39. The fraction of sp³-hybridized carbons (Fsp3) is 0.524. The van der Waals surface area contributed by atoms with E-state index in [0.717, 1.165) is 69.3 Å². The van der Waals surface area contributed by atoms with Crippen LogP contribution in [0.1, 0.15) is 12.0 Å². The zero-order chi connectivity index (χ0) is 20.1. The van der Waals surface area contributed by atoms with Gasteiger partial charge in [0.15, 0.2) is 0 Å². The summed E-state index contributed by atoms with van der Waals surface area (Å²) in [6.07, 6.45) is 3.01. The molecule has 2 aliphatic rings. The van der Waals surface area contributed by atoms with E-state index in [1.165, 1.54) is 5.69 Å². The summed E-state index contributed by atoms with van der Waals surface area (Å²) in [5, 5.41) is 13.5. The zero-order valence-corrected chi connectivity index (χ0v) is 17.4. The van der Waals surface area contributed by atoms with Gasteiger partial charge >= 0.3 is 0 Å². The van der Waals surface area contributed by atoms with Crippen molar-refractivity contribution in [2.75, 3.05) is 68.9 Å². The largest absolute Gasteiger partial charge is 0.369 e. The maximum absolute atomic E-state index is 4.75. The molecule has 1 unspecified atom stereocenters. The number of hydrogen-bond acceptors (Lipinski definition) is 8. The molecule has 29 heavy (non-hydrogen) atoms. The molecule has 0 spiro atoms. The van der Waals surface area contributed by atoms with Crippen molar-refractivity contribution >= 4 is 23.1 Å². The molecule has 4 N–H and O–H groups in total. The summed E-state index contributed by atoms with van der Waals surface area (Å²) >= 11 is 0. The molecule has 0 aliphatic carbocycles. The average molecular weight is 397 g/mol. The molecule has 8 nitrogen and oxygen atoms in total. The van der Waals surface area contributed by atoms with Gasteiger partial charge in [0.25, 0.3) is 0 Å². The SMILES string of the molecule is CNCc1cnc(Nc2ccc(N3CCN(C)CC3)cc2)nc1NC1CCNC1. The Hall–Kier alpha value is -2.42. The lowest BCUT2D eigenvalue weighted by Gasteiger charge is -2.34. The zero-order valence-electron chi connectivity index (χ0n) is 17.4. The van der Waals surface area contributed by atoms with Gasteiger partial charge in [0.1, 0.15) is 5.82 Å². The number of nitrogens with zero attached hydrogens (tertiary/aromatic N) is 4. The summed E-state index contributed by atoms with van der Waals surface area (Å²) < 4.78 is 0. The van der Waals surface area contributed by atoms with Gasteiger partial charge in [0.2, 0.25) is 5.95 Å². The molecule has 0 saturated carbocycles. The van der Waals surface area contributed by atoms with Crippen LogP contribution < -0.4 is 26.2 Å². The lowest BCUT2D eigenvalue weighted by Crippen LogP contribution is -2.44. The van der Waals surface area contributed by atoms with Crippen molar-refractivity contribution in [1.29, 1.82) is 0 Å². The second-order valence-corrected chi connectivity index (χ2v) is 7.89. The molecule has 1 aromatic carbocycles. The minimum absolute atomic E-state index is 0.413. The van der Waals surface area contributed by atoms with E-state index in [4.69, 9.17) is 4.98 Å². The summed E-state index contributed by atoms with van der Waals surface area (Å²) in [5.41, 5.74) is 3.35. The van der Waals surface area contributed by atoms with E-state index in [1.54, 1.807) is 0 Å². The molecule has 2 fully saturated rings. The van der Waals surface area contributed by atoms with Crippen LogP contribution in [-0.2, 0) is 6.54 Å². The van der Waals surface area contributed by atoms with Gasteiger partial charge in [-0.05, 0) is 51.3 Å². The number of nitrogens with one attached hydrogen (secondary N) is 4. The number of aromatic nitrogens is 2. The third-order valence-electron chi connectivity index (χ3n) is 5.62. The predicted molar refractivity (Wildman–Crippen MR) is 119 cm³/mol. The first-order valence-electron chi connectivity index (χ1n) is 10.5. The van der Waals surface area contributed by atoms with Crippen LogP contribution in [0.25, 0.3) is 0 Å². The Morgan fingerprint density at radius 3 is 2.62 bits per heavy atom. The molecule has 3 heterocycles. The standard InChI is InChI=1S/C21H32N8/c1-22-13-16-14-24-21(27-20(16)25-18-7-8-23-15-18)26-17-3-5-19(6-4-17)29-11-9-28(2)10-12-29/h3-6,14,18,22-23H,7-13,15H2,1-2H3,(H2,24,25,26,27). The molecule has 0 amide bonds. The predicted octanol–water partition coefficient (Wildman–Crippen LogP) is 1.47. The van der Waals surface area contributed by atoms with Crippen LogP contribution in [-0.4, -0.2) is 74.3 Å². The normalized spacial score (nSPS) is 20.1. The average Bonchev–Trinajstić information content (AvgIpc) is 3.24. The lowest BCUT2D eigenvalue weighted by molar-refractivity contribution is 0.313. The van der Waals surface area contributed by atoms with Crippen molar-refractivity contribution in [1.82, 2.24) is 25.5 Å². The highest BCUT2D eigenvalue weighted by Gasteiger charge is 2.17. The van der Waals surface area contributed by atoms with E-state index in [1.807, 2.05) is 13.2 Å². The molecule has 1 atom stereocenters. The number of rotatable bonds is 7. The number of piperazine rings is 1. The quantitative estimate of drug-likeness (QED) is 0.560. The summed E-state index contributed by atoms with van der Waals surface area (Å²) in [7, 11) is 4.12. The Balaban J connectivity index is 1.44. The molecule has 156 valence electrons. The molecule has 2 aliphatic heterocycles. The minimum atomic E-state index is 0.413. The smallest absolute Gasteiger partial charge is 0.229 e. The Morgan fingerprint density at radius 2 is 1.93 bits per heavy atom. The van der Waals surface area contributed by atoms with E-state index in [2.05, 4.69) is 67.4 Å². The molecule has 0 bridgehead atoms.